The zero-order chi connectivity index (χ0) is 10.6. The van der Waals surface area contributed by atoms with Crippen molar-refractivity contribution in [3.8, 4) is 0 Å². The number of carbonyl (C=O) groups excluding carboxylic acids is 1. The van der Waals surface area contributed by atoms with E-state index in [2.05, 4.69) is 4.98 Å². The number of methoxy groups -OCH3 is 1. The van der Waals surface area contributed by atoms with Crippen molar-refractivity contribution in [2.75, 3.05) is 13.7 Å². The van der Waals surface area contributed by atoms with Crippen LogP contribution in [0.1, 0.15) is 33.2 Å². The number of ether oxygens (including phenoxy) is 1. The number of nitrogens with zero attached hydrogens (tertiary/aromatic N) is 1. The van der Waals surface area contributed by atoms with Crippen molar-refractivity contribution in [2.45, 2.75) is 26.7 Å². The lowest BCUT2D eigenvalue weighted by Crippen LogP contribution is -2.00. The third kappa shape index (κ3) is 2.89. The second kappa shape index (κ2) is 5.22. The van der Waals surface area contributed by atoms with E-state index in [1.165, 1.54) is 11.3 Å². The van der Waals surface area contributed by atoms with Crippen molar-refractivity contribution in [3.05, 3.63) is 15.6 Å². The van der Waals surface area contributed by atoms with Gasteiger partial charge in [0.15, 0.2) is 5.78 Å². The van der Waals surface area contributed by atoms with Crippen LogP contribution in [0.15, 0.2) is 0 Å². The van der Waals surface area contributed by atoms with Gasteiger partial charge in [0.05, 0.1) is 15.6 Å². The summed E-state index contributed by atoms with van der Waals surface area (Å²) in [6, 6.07) is 0. The summed E-state index contributed by atoms with van der Waals surface area (Å²) in [6.07, 6.45) is 1.34. The summed E-state index contributed by atoms with van der Waals surface area (Å²) in [6.45, 7) is 4.44. The van der Waals surface area contributed by atoms with E-state index >= 15 is 0 Å². The number of carbonyl (C=O) groups is 1. The van der Waals surface area contributed by atoms with E-state index in [0.717, 1.165) is 22.0 Å². The highest BCUT2D eigenvalue weighted by Crippen LogP contribution is 2.19. The minimum atomic E-state index is 0.185. The lowest BCUT2D eigenvalue weighted by atomic mass is 10.2. The van der Waals surface area contributed by atoms with Crippen LogP contribution in [0.5, 0.6) is 0 Å². The van der Waals surface area contributed by atoms with Gasteiger partial charge in [0.25, 0.3) is 0 Å². The normalized spacial score (nSPS) is 10.5. The summed E-state index contributed by atoms with van der Waals surface area (Å²) in [4.78, 5) is 16.7. The molecule has 1 aromatic rings. The fourth-order valence-electron chi connectivity index (χ4n) is 1.28. The maximum atomic E-state index is 11.7. The number of Topliss-reactive ketones (excluding diaryl/α,β-unsaturated/α-hetero) is 1. The zero-order valence-electron chi connectivity index (χ0n) is 8.79. The van der Waals surface area contributed by atoms with Crippen molar-refractivity contribution in [3.63, 3.8) is 0 Å². The molecular formula is C10H15NO2S. The minimum absolute atomic E-state index is 0.185. The Labute approximate surface area is 88.1 Å². The lowest BCUT2D eigenvalue weighted by molar-refractivity contribution is 0.0966. The second-order valence-corrected chi connectivity index (χ2v) is 4.37. The van der Waals surface area contributed by atoms with Gasteiger partial charge >= 0.3 is 0 Å². The Kier molecular flexibility index (Phi) is 4.22. The first-order chi connectivity index (χ1) is 6.65. The van der Waals surface area contributed by atoms with Gasteiger partial charge in [-0.25, -0.2) is 4.98 Å². The smallest absolute Gasteiger partial charge is 0.174 e. The van der Waals surface area contributed by atoms with E-state index in [-0.39, 0.29) is 5.78 Å². The molecule has 0 saturated heterocycles. The number of aromatic nitrogens is 1. The Morgan fingerprint density at radius 3 is 2.71 bits per heavy atom. The Bertz CT molecular complexity index is 320. The van der Waals surface area contributed by atoms with Crippen molar-refractivity contribution in [1.82, 2.24) is 4.98 Å². The fourth-order valence-corrected chi connectivity index (χ4v) is 2.17. The molecule has 0 aromatic carbocycles. The van der Waals surface area contributed by atoms with Crippen LogP contribution in [0.3, 0.4) is 0 Å². The van der Waals surface area contributed by atoms with Gasteiger partial charge in [0.2, 0.25) is 0 Å². The molecule has 0 radical (unpaired) electrons. The van der Waals surface area contributed by atoms with Gasteiger partial charge in [-0.15, -0.1) is 11.3 Å². The molecular weight excluding hydrogens is 198 g/mol. The summed E-state index contributed by atoms with van der Waals surface area (Å²) in [5.74, 6) is 0.185. The molecule has 3 nitrogen and oxygen atoms in total. The molecule has 0 fully saturated rings. The first kappa shape index (κ1) is 11.3. The molecule has 0 bridgehead atoms. The van der Waals surface area contributed by atoms with Crippen molar-refractivity contribution in [2.24, 2.45) is 0 Å². The number of aryl methyl sites for hydroxylation is 2. The maximum absolute atomic E-state index is 11.7. The fraction of sp³-hybridized carbons (Fsp3) is 0.600. The maximum Gasteiger partial charge on any atom is 0.174 e. The minimum Gasteiger partial charge on any atom is -0.385 e. The van der Waals surface area contributed by atoms with E-state index in [0.29, 0.717) is 13.0 Å². The number of hydrogen-bond donors (Lipinski definition) is 0. The summed E-state index contributed by atoms with van der Waals surface area (Å²) in [5, 5.41) is 0.956. The quantitative estimate of drug-likeness (QED) is 0.557. The standard InChI is InChI=1S/C10H15NO2S/c1-7-10(14-8(2)11-7)9(12)5-4-6-13-3/h4-6H2,1-3H3. The predicted octanol–water partition coefficient (Wildman–Crippen LogP) is 2.37. The van der Waals surface area contributed by atoms with E-state index in [1.54, 1.807) is 7.11 Å². The largest absolute Gasteiger partial charge is 0.385 e. The average Bonchev–Trinajstić information content (AvgIpc) is 2.45. The molecule has 1 rings (SSSR count). The van der Waals surface area contributed by atoms with Gasteiger partial charge in [-0.05, 0) is 20.3 Å². The van der Waals surface area contributed by atoms with Crippen LogP contribution < -0.4 is 0 Å². The molecule has 0 saturated carbocycles. The van der Waals surface area contributed by atoms with Crippen molar-refractivity contribution < 1.29 is 9.53 Å². The van der Waals surface area contributed by atoms with Gasteiger partial charge in [0, 0.05) is 20.1 Å². The summed E-state index contributed by atoms with van der Waals surface area (Å²) >= 11 is 1.48. The third-order valence-corrected chi connectivity index (χ3v) is 3.02. The van der Waals surface area contributed by atoms with Crippen LogP contribution >= 0.6 is 11.3 Å². The molecule has 4 heteroatoms. The molecule has 0 spiro atoms. The van der Waals surface area contributed by atoms with Gasteiger partial charge in [-0.3, -0.25) is 4.79 Å². The summed E-state index contributed by atoms with van der Waals surface area (Å²) < 4.78 is 4.90. The van der Waals surface area contributed by atoms with E-state index < -0.39 is 0 Å². The summed E-state index contributed by atoms with van der Waals surface area (Å²) in [5.41, 5.74) is 0.856. The molecule has 0 N–H and O–H groups in total. The molecule has 1 aromatic heterocycles. The highest BCUT2D eigenvalue weighted by atomic mass is 32.1. The first-order valence-electron chi connectivity index (χ1n) is 4.61. The van der Waals surface area contributed by atoms with Crippen LogP contribution in [0.2, 0.25) is 0 Å². The van der Waals surface area contributed by atoms with Crippen LogP contribution in [-0.4, -0.2) is 24.5 Å². The molecule has 0 aliphatic carbocycles. The molecule has 78 valence electrons. The molecule has 0 aliphatic rings. The Hall–Kier alpha value is -0.740. The molecule has 1 heterocycles. The third-order valence-electron chi connectivity index (χ3n) is 1.91. The zero-order valence-corrected chi connectivity index (χ0v) is 9.61. The number of ketones is 1. The first-order valence-corrected chi connectivity index (χ1v) is 5.43. The van der Waals surface area contributed by atoms with E-state index in [4.69, 9.17) is 4.74 Å². The van der Waals surface area contributed by atoms with E-state index in [1.807, 2.05) is 13.8 Å². The van der Waals surface area contributed by atoms with Crippen LogP contribution in [0.4, 0.5) is 0 Å². The topological polar surface area (TPSA) is 39.2 Å². The van der Waals surface area contributed by atoms with Crippen LogP contribution in [-0.2, 0) is 4.74 Å². The van der Waals surface area contributed by atoms with Gasteiger partial charge in [0.1, 0.15) is 0 Å². The molecule has 0 unspecified atom stereocenters. The van der Waals surface area contributed by atoms with Gasteiger partial charge < -0.3 is 4.74 Å². The monoisotopic (exact) mass is 213 g/mol. The molecule has 0 atom stereocenters. The Morgan fingerprint density at radius 2 is 2.21 bits per heavy atom. The SMILES string of the molecule is COCCCC(=O)c1sc(C)nc1C. The molecule has 14 heavy (non-hydrogen) atoms. The highest BCUT2D eigenvalue weighted by Gasteiger charge is 2.12. The van der Waals surface area contributed by atoms with Crippen molar-refractivity contribution >= 4 is 17.1 Å². The lowest BCUT2D eigenvalue weighted by Gasteiger charge is -1.98. The predicted molar refractivity (Wildman–Crippen MR) is 57.0 cm³/mol. The van der Waals surface area contributed by atoms with Crippen LogP contribution in [0, 0.1) is 13.8 Å². The van der Waals surface area contributed by atoms with Crippen LogP contribution in [0.25, 0.3) is 0 Å². The van der Waals surface area contributed by atoms with Gasteiger partial charge in [-0.1, -0.05) is 0 Å². The van der Waals surface area contributed by atoms with Gasteiger partial charge in [-0.2, -0.15) is 0 Å². The Balaban J connectivity index is 2.56. The summed E-state index contributed by atoms with van der Waals surface area (Å²) in [7, 11) is 1.65. The average molecular weight is 213 g/mol. The second-order valence-electron chi connectivity index (χ2n) is 3.17. The van der Waals surface area contributed by atoms with Crippen molar-refractivity contribution in [1.29, 1.82) is 0 Å². The molecule has 0 aliphatic heterocycles. The number of hydrogen-bond acceptors (Lipinski definition) is 4. The number of thiazole rings is 1. The highest BCUT2D eigenvalue weighted by molar-refractivity contribution is 7.13. The van der Waals surface area contributed by atoms with E-state index in [9.17, 15) is 4.79 Å². The Morgan fingerprint density at radius 1 is 1.50 bits per heavy atom. The number of rotatable bonds is 5. The molecule has 0 amide bonds.